The lowest BCUT2D eigenvalue weighted by Crippen LogP contribution is -1.99. The zero-order valence-corrected chi connectivity index (χ0v) is 23.8. The standard InChI is InChI=1S/C27H29N3O.C7H14/c1-5-21(11-9-20-7-8-20)19(3)30-25-16-23(10-6-18(25)2)27-29-17-26(31-27)22-12-14-24(28-4)15-13-22;1-7-5-3-2-4-6-7/h5-6,9-17,20,28H,7-8H2,1-4H3;7H,2-6H2,1H3/b11-9-,21-5+,30-19?;. The molecular formula is C34H43N3O. The van der Waals surface area contributed by atoms with Crippen molar-refractivity contribution < 1.29 is 4.42 Å². The van der Waals surface area contributed by atoms with Gasteiger partial charge in [0.2, 0.25) is 5.89 Å². The van der Waals surface area contributed by atoms with Gasteiger partial charge in [-0.2, -0.15) is 0 Å². The summed E-state index contributed by atoms with van der Waals surface area (Å²) < 4.78 is 6.07. The summed E-state index contributed by atoms with van der Waals surface area (Å²) in [4.78, 5) is 9.43. The van der Waals surface area contributed by atoms with Crippen molar-refractivity contribution >= 4 is 17.1 Å². The van der Waals surface area contributed by atoms with Gasteiger partial charge >= 0.3 is 0 Å². The molecule has 0 unspecified atom stereocenters. The number of rotatable bonds is 7. The Bertz CT molecular complexity index is 1270. The predicted molar refractivity (Wildman–Crippen MR) is 162 cm³/mol. The average Bonchev–Trinajstić information content (AvgIpc) is 3.64. The lowest BCUT2D eigenvalue weighted by molar-refractivity contribution is 0.385. The van der Waals surface area contributed by atoms with Crippen LogP contribution in [0.4, 0.5) is 11.4 Å². The summed E-state index contributed by atoms with van der Waals surface area (Å²) in [6.45, 7) is 8.57. The van der Waals surface area contributed by atoms with Gasteiger partial charge in [0.1, 0.15) is 0 Å². The predicted octanol–water partition coefficient (Wildman–Crippen LogP) is 9.95. The Labute approximate surface area is 229 Å². The summed E-state index contributed by atoms with van der Waals surface area (Å²) in [7, 11) is 1.91. The Kier molecular flexibility index (Phi) is 9.75. The highest BCUT2D eigenvalue weighted by molar-refractivity contribution is 6.02. The van der Waals surface area contributed by atoms with E-state index in [1.54, 1.807) is 6.20 Å². The smallest absolute Gasteiger partial charge is 0.226 e. The van der Waals surface area contributed by atoms with Crippen LogP contribution in [0.1, 0.15) is 71.3 Å². The molecule has 0 bridgehead atoms. The second-order valence-electron chi connectivity index (χ2n) is 10.7. The minimum Gasteiger partial charge on any atom is -0.436 e. The van der Waals surface area contributed by atoms with Gasteiger partial charge in [0.05, 0.1) is 11.9 Å². The maximum absolute atomic E-state index is 6.07. The van der Waals surface area contributed by atoms with Crippen LogP contribution in [-0.2, 0) is 0 Å². The van der Waals surface area contributed by atoms with Crippen LogP contribution in [0, 0.1) is 18.8 Å². The van der Waals surface area contributed by atoms with E-state index in [4.69, 9.17) is 9.41 Å². The largest absolute Gasteiger partial charge is 0.436 e. The molecule has 4 heteroatoms. The first-order valence-electron chi connectivity index (χ1n) is 14.2. The first-order chi connectivity index (χ1) is 18.5. The van der Waals surface area contributed by atoms with E-state index >= 15 is 0 Å². The van der Waals surface area contributed by atoms with Crippen molar-refractivity contribution in [3.05, 3.63) is 78.0 Å². The fourth-order valence-corrected chi connectivity index (χ4v) is 4.71. The van der Waals surface area contributed by atoms with Crippen LogP contribution in [-0.4, -0.2) is 17.7 Å². The molecule has 2 fully saturated rings. The summed E-state index contributed by atoms with van der Waals surface area (Å²) in [5, 5.41) is 3.13. The summed E-state index contributed by atoms with van der Waals surface area (Å²) in [5.74, 6) is 3.14. The molecule has 2 aliphatic carbocycles. The van der Waals surface area contributed by atoms with Gasteiger partial charge in [0.15, 0.2) is 5.76 Å². The number of oxazole rings is 1. The molecule has 0 aliphatic heterocycles. The molecule has 5 rings (SSSR count). The molecule has 0 atom stereocenters. The van der Waals surface area contributed by atoms with Crippen molar-refractivity contribution in [3.8, 4) is 22.8 Å². The zero-order chi connectivity index (χ0) is 26.9. The van der Waals surface area contributed by atoms with E-state index in [1.165, 1.54) is 50.5 Å². The van der Waals surface area contributed by atoms with Gasteiger partial charge < -0.3 is 9.73 Å². The highest BCUT2D eigenvalue weighted by atomic mass is 16.4. The van der Waals surface area contributed by atoms with Gasteiger partial charge in [-0.15, -0.1) is 0 Å². The van der Waals surface area contributed by atoms with E-state index in [0.717, 1.165) is 51.4 Å². The highest BCUT2D eigenvalue weighted by Crippen LogP contribution is 2.32. The van der Waals surface area contributed by atoms with Crippen LogP contribution >= 0.6 is 0 Å². The average molecular weight is 510 g/mol. The third kappa shape index (κ3) is 7.80. The van der Waals surface area contributed by atoms with Crippen LogP contribution in [0.15, 0.2) is 81.9 Å². The van der Waals surface area contributed by atoms with Crippen LogP contribution in [0.5, 0.6) is 0 Å². The Morgan fingerprint density at radius 3 is 2.32 bits per heavy atom. The monoisotopic (exact) mass is 509 g/mol. The second-order valence-corrected chi connectivity index (χ2v) is 10.7. The van der Waals surface area contributed by atoms with Crippen LogP contribution in [0.25, 0.3) is 22.8 Å². The molecule has 0 amide bonds. The van der Waals surface area contributed by atoms with Crippen LogP contribution in [0.2, 0.25) is 0 Å². The molecule has 1 aromatic heterocycles. The molecule has 1 N–H and O–H groups in total. The lowest BCUT2D eigenvalue weighted by atomic mass is 9.91. The fraction of sp³-hybridized carbons (Fsp3) is 0.412. The molecule has 4 nitrogen and oxygen atoms in total. The van der Waals surface area contributed by atoms with Gasteiger partial charge in [-0.1, -0.05) is 63.3 Å². The molecule has 2 saturated carbocycles. The Balaban J connectivity index is 0.000000417. The minimum atomic E-state index is 0.599. The number of allylic oxidation sites excluding steroid dienone is 4. The van der Waals surface area contributed by atoms with E-state index in [-0.39, 0.29) is 0 Å². The third-order valence-corrected chi connectivity index (χ3v) is 7.50. The number of aromatic nitrogens is 1. The molecule has 2 aliphatic rings. The Hall–Kier alpha value is -3.40. The van der Waals surface area contributed by atoms with Gasteiger partial charge in [0, 0.05) is 29.6 Å². The van der Waals surface area contributed by atoms with Crippen molar-refractivity contribution in [2.75, 3.05) is 12.4 Å². The number of anilines is 1. The molecule has 200 valence electrons. The van der Waals surface area contributed by atoms with E-state index < -0.39 is 0 Å². The summed E-state index contributed by atoms with van der Waals surface area (Å²) in [6.07, 6.45) is 18.5. The van der Waals surface area contributed by atoms with Crippen LogP contribution < -0.4 is 5.32 Å². The molecule has 3 aromatic rings. The van der Waals surface area contributed by atoms with Crippen molar-refractivity contribution in [2.24, 2.45) is 16.8 Å². The highest BCUT2D eigenvalue weighted by Gasteiger charge is 2.17. The zero-order valence-electron chi connectivity index (χ0n) is 23.8. The summed E-state index contributed by atoms with van der Waals surface area (Å²) in [6, 6.07) is 14.3. The third-order valence-electron chi connectivity index (χ3n) is 7.50. The second kappa shape index (κ2) is 13.4. The number of aliphatic imine (C=N–C) groups is 1. The minimum absolute atomic E-state index is 0.599. The number of nitrogens with zero attached hydrogens (tertiary/aromatic N) is 2. The molecule has 0 radical (unpaired) electrons. The normalized spacial score (nSPS) is 16.9. The molecular weight excluding hydrogens is 466 g/mol. The maximum atomic E-state index is 6.07. The fourth-order valence-electron chi connectivity index (χ4n) is 4.71. The van der Waals surface area contributed by atoms with Gasteiger partial charge in [-0.05, 0) is 93.0 Å². The van der Waals surface area contributed by atoms with Crippen molar-refractivity contribution in [3.63, 3.8) is 0 Å². The summed E-state index contributed by atoms with van der Waals surface area (Å²) in [5.41, 5.74) is 7.22. The van der Waals surface area contributed by atoms with Crippen molar-refractivity contribution in [1.82, 2.24) is 4.98 Å². The molecule has 0 saturated heterocycles. The number of hydrogen-bond acceptors (Lipinski definition) is 4. The van der Waals surface area contributed by atoms with E-state index in [2.05, 4.69) is 68.4 Å². The van der Waals surface area contributed by atoms with E-state index in [1.807, 2.05) is 37.4 Å². The quantitative estimate of drug-likeness (QED) is 0.255. The first-order valence-corrected chi connectivity index (χ1v) is 14.2. The number of benzene rings is 2. The first kappa shape index (κ1) is 27.6. The maximum Gasteiger partial charge on any atom is 0.226 e. The van der Waals surface area contributed by atoms with Gasteiger partial charge in [-0.25, -0.2) is 4.98 Å². The number of aryl methyl sites for hydroxylation is 1. The van der Waals surface area contributed by atoms with Crippen molar-refractivity contribution in [1.29, 1.82) is 0 Å². The van der Waals surface area contributed by atoms with Gasteiger partial charge in [0.25, 0.3) is 0 Å². The SMILES string of the molecule is C/C=C(\C=C/C1CC1)C(C)=Nc1cc(-c2ncc(-c3ccc(NC)cc3)o2)ccc1C.CC1CCCCC1. The number of hydrogen-bond donors (Lipinski definition) is 1. The van der Waals surface area contributed by atoms with E-state index in [0.29, 0.717) is 5.89 Å². The topological polar surface area (TPSA) is 50.4 Å². The Morgan fingerprint density at radius 1 is 1.00 bits per heavy atom. The Morgan fingerprint density at radius 2 is 1.71 bits per heavy atom. The molecule has 0 spiro atoms. The van der Waals surface area contributed by atoms with Crippen LogP contribution in [0.3, 0.4) is 0 Å². The van der Waals surface area contributed by atoms with Crippen molar-refractivity contribution in [2.45, 2.75) is 72.6 Å². The lowest BCUT2D eigenvalue weighted by Gasteiger charge is -2.15. The molecule has 38 heavy (non-hydrogen) atoms. The molecule has 2 aromatic carbocycles. The van der Waals surface area contributed by atoms with Gasteiger partial charge in [-0.3, -0.25) is 4.99 Å². The number of nitrogens with one attached hydrogen (secondary N) is 1. The summed E-state index contributed by atoms with van der Waals surface area (Å²) >= 11 is 0. The van der Waals surface area contributed by atoms with E-state index in [9.17, 15) is 0 Å². The molecule has 1 heterocycles.